The number of hydrogen-bond acceptors (Lipinski definition) is 2. The molecule has 20 heavy (non-hydrogen) atoms. The van der Waals surface area contributed by atoms with Crippen LogP contribution in [0, 0.1) is 17.5 Å². The number of thiocarbonyl (C=S) groups is 1. The summed E-state index contributed by atoms with van der Waals surface area (Å²) in [5, 5.41) is 0. The summed E-state index contributed by atoms with van der Waals surface area (Å²) >= 11 is 4.73. The molecule has 0 aromatic heterocycles. The fourth-order valence-electron chi connectivity index (χ4n) is 1.96. The molecule has 7 heteroatoms. The average molecular weight is 302 g/mol. The topological polar surface area (TPSA) is 46.3 Å². The lowest BCUT2D eigenvalue weighted by atomic mass is 10.1. The first-order valence-electron chi connectivity index (χ1n) is 6.14. The molecule has 2 rings (SSSR count). The molecule has 1 aliphatic rings. The number of nitrogens with zero attached hydrogens (tertiary/aromatic N) is 1. The van der Waals surface area contributed by atoms with Gasteiger partial charge >= 0.3 is 0 Å². The highest BCUT2D eigenvalue weighted by Gasteiger charge is 2.35. The number of rotatable bonds is 5. The Hall–Kier alpha value is -1.63. The SMILES string of the molecule is NC(=S)CCN(C(=O)c1c(F)cc(F)cc1F)C1CC1. The molecule has 1 saturated carbocycles. The van der Waals surface area contributed by atoms with Gasteiger partial charge in [0.25, 0.3) is 5.91 Å². The van der Waals surface area contributed by atoms with E-state index >= 15 is 0 Å². The normalized spacial score (nSPS) is 14.2. The quantitative estimate of drug-likeness (QED) is 0.850. The third-order valence-corrected chi connectivity index (χ3v) is 3.27. The van der Waals surface area contributed by atoms with Crippen LogP contribution in [0.5, 0.6) is 0 Å². The summed E-state index contributed by atoms with van der Waals surface area (Å²) in [5.74, 6) is -4.25. The number of carbonyl (C=O) groups excluding carboxylic acids is 1. The van der Waals surface area contributed by atoms with Crippen molar-refractivity contribution in [1.29, 1.82) is 0 Å². The summed E-state index contributed by atoms with van der Waals surface area (Å²) in [7, 11) is 0. The average Bonchev–Trinajstić information content (AvgIpc) is 3.11. The van der Waals surface area contributed by atoms with E-state index < -0.39 is 28.9 Å². The minimum absolute atomic E-state index is 0.0549. The molecule has 1 aromatic rings. The molecule has 0 unspecified atom stereocenters. The smallest absolute Gasteiger partial charge is 0.260 e. The third-order valence-electron chi connectivity index (χ3n) is 3.07. The van der Waals surface area contributed by atoms with Crippen molar-refractivity contribution < 1.29 is 18.0 Å². The van der Waals surface area contributed by atoms with Gasteiger partial charge in [-0.1, -0.05) is 12.2 Å². The van der Waals surface area contributed by atoms with Crippen molar-refractivity contribution in [2.24, 2.45) is 5.73 Å². The van der Waals surface area contributed by atoms with Crippen molar-refractivity contribution in [2.75, 3.05) is 6.54 Å². The van der Waals surface area contributed by atoms with E-state index in [1.54, 1.807) is 0 Å². The number of hydrogen-bond donors (Lipinski definition) is 1. The first-order chi connectivity index (χ1) is 9.40. The largest absolute Gasteiger partial charge is 0.393 e. The second kappa shape index (κ2) is 5.78. The Morgan fingerprint density at radius 1 is 1.30 bits per heavy atom. The fraction of sp³-hybridized carbons (Fsp3) is 0.385. The number of carbonyl (C=O) groups is 1. The maximum absolute atomic E-state index is 13.6. The zero-order chi connectivity index (χ0) is 14.9. The van der Waals surface area contributed by atoms with Gasteiger partial charge in [0.15, 0.2) is 0 Å². The Balaban J connectivity index is 2.25. The van der Waals surface area contributed by atoms with Crippen LogP contribution < -0.4 is 5.73 Å². The Morgan fingerprint density at radius 3 is 2.30 bits per heavy atom. The molecule has 0 saturated heterocycles. The van der Waals surface area contributed by atoms with Crippen molar-refractivity contribution in [3.05, 3.63) is 35.1 Å². The molecule has 1 aliphatic carbocycles. The minimum atomic E-state index is -1.20. The van der Waals surface area contributed by atoms with E-state index in [0.29, 0.717) is 12.1 Å². The second-order valence-electron chi connectivity index (χ2n) is 4.69. The molecule has 108 valence electrons. The standard InChI is InChI=1S/C13H13F3N2OS/c14-7-5-9(15)12(10(16)6-7)13(19)18(8-1-2-8)4-3-11(17)20/h5-6,8H,1-4H2,(H2,17,20). The molecule has 0 atom stereocenters. The second-order valence-corrected chi connectivity index (χ2v) is 5.21. The lowest BCUT2D eigenvalue weighted by molar-refractivity contribution is 0.0738. The summed E-state index contributed by atoms with van der Waals surface area (Å²) in [6.45, 7) is 0.203. The van der Waals surface area contributed by atoms with Crippen LogP contribution in [0.2, 0.25) is 0 Å². The zero-order valence-electron chi connectivity index (χ0n) is 10.5. The lowest BCUT2D eigenvalue weighted by Crippen LogP contribution is -2.36. The van der Waals surface area contributed by atoms with Gasteiger partial charge in [0.05, 0.1) is 4.99 Å². The number of benzene rings is 1. The predicted octanol–water partition coefficient (Wildman–Crippen LogP) is 2.38. The molecule has 0 bridgehead atoms. The van der Waals surface area contributed by atoms with E-state index in [9.17, 15) is 18.0 Å². The van der Waals surface area contributed by atoms with E-state index in [2.05, 4.69) is 0 Å². The van der Waals surface area contributed by atoms with Gasteiger partial charge in [0, 0.05) is 31.1 Å². The number of nitrogens with two attached hydrogens (primary N) is 1. The molecule has 3 nitrogen and oxygen atoms in total. The number of halogens is 3. The van der Waals surface area contributed by atoms with Gasteiger partial charge in [-0.15, -0.1) is 0 Å². The van der Waals surface area contributed by atoms with E-state index in [0.717, 1.165) is 12.8 Å². The van der Waals surface area contributed by atoms with Crippen LogP contribution in [-0.4, -0.2) is 28.4 Å². The van der Waals surface area contributed by atoms with Crippen molar-refractivity contribution in [2.45, 2.75) is 25.3 Å². The van der Waals surface area contributed by atoms with E-state index in [4.69, 9.17) is 18.0 Å². The summed E-state index contributed by atoms with van der Waals surface area (Å²) < 4.78 is 40.1. The van der Waals surface area contributed by atoms with Gasteiger partial charge in [-0.2, -0.15) is 0 Å². The molecule has 0 radical (unpaired) electrons. The summed E-state index contributed by atoms with van der Waals surface area (Å²) in [6.07, 6.45) is 1.82. The highest BCUT2D eigenvalue weighted by molar-refractivity contribution is 7.80. The molecular weight excluding hydrogens is 289 g/mol. The minimum Gasteiger partial charge on any atom is -0.393 e. The van der Waals surface area contributed by atoms with Crippen molar-refractivity contribution in [3.63, 3.8) is 0 Å². The molecule has 0 spiro atoms. The van der Waals surface area contributed by atoms with Crippen LogP contribution in [0.25, 0.3) is 0 Å². The Bertz CT molecular complexity index is 538. The maximum atomic E-state index is 13.6. The van der Waals surface area contributed by atoms with Crippen LogP contribution in [0.15, 0.2) is 12.1 Å². The lowest BCUT2D eigenvalue weighted by Gasteiger charge is -2.22. The van der Waals surface area contributed by atoms with E-state index in [-0.39, 0.29) is 24.0 Å². The predicted molar refractivity (Wildman–Crippen MR) is 71.8 cm³/mol. The van der Waals surface area contributed by atoms with Crippen LogP contribution >= 0.6 is 12.2 Å². The first-order valence-corrected chi connectivity index (χ1v) is 6.54. The van der Waals surface area contributed by atoms with E-state index in [1.165, 1.54) is 4.90 Å². The van der Waals surface area contributed by atoms with Gasteiger partial charge in [0.2, 0.25) is 0 Å². The van der Waals surface area contributed by atoms with Crippen molar-refractivity contribution in [1.82, 2.24) is 4.90 Å². The molecule has 0 aliphatic heterocycles. The van der Waals surface area contributed by atoms with Gasteiger partial charge in [-0.25, -0.2) is 13.2 Å². The zero-order valence-corrected chi connectivity index (χ0v) is 11.4. The van der Waals surface area contributed by atoms with Crippen molar-refractivity contribution in [3.8, 4) is 0 Å². The fourth-order valence-corrected chi connectivity index (χ4v) is 2.05. The number of amides is 1. The van der Waals surface area contributed by atoms with Gasteiger partial charge in [0.1, 0.15) is 23.0 Å². The van der Waals surface area contributed by atoms with Crippen molar-refractivity contribution >= 4 is 23.1 Å². The van der Waals surface area contributed by atoms with Gasteiger partial charge in [-0.05, 0) is 12.8 Å². The molecule has 1 fully saturated rings. The Labute approximate surface area is 119 Å². The van der Waals surface area contributed by atoms with Crippen LogP contribution in [0.1, 0.15) is 29.6 Å². The third kappa shape index (κ3) is 3.27. The van der Waals surface area contributed by atoms with Crippen LogP contribution in [-0.2, 0) is 0 Å². The molecule has 0 heterocycles. The van der Waals surface area contributed by atoms with Crippen LogP contribution in [0.3, 0.4) is 0 Å². The van der Waals surface area contributed by atoms with Gasteiger partial charge in [-0.3, -0.25) is 4.79 Å². The monoisotopic (exact) mass is 302 g/mol. The summed E-state index contributed by atoms with van der Waals surface area (Å²) in [4.78, 5) is 13.8. The van der Waals surface area contributed by atoms with Gasteiger partial charge < -0.3 is 10.6 Å². The maximum Gasteiger partial charge on any atom is 0.260 e. The Morgan fingerprint density at radius 2 is 1.85 bits per heavy atom. The first kappa shape index (κ1) is 14.8. The highest BCUT2D eigenvalue weighted by atomic mass is 32.1. The highest BCUT2D eigenvalue weighted by Crippen LogP contribution is 2.29. The van der Waals surface area contributed by atoms with E-state index in [1.807, 2.05) is 0 Å². The molecular formula is C13H13F3N2OS. The molecule has 1 amide bonds. The Kier molecular flexibility index (Phi) is 4.27. The summed E-state index contributed by atoms with van der Waals surface area (Å²) in [5.41, 5.74) is 4.64. The van der Waals surface area contributed by atoms with Crippen LogP contribution in [0.4, 0.5) is 13.2 Å². The summed E-state index contributed by atoms with van der Waals surface area (Å²) in [6, 6.07) is 0.935. The molecule has 2 N–H and O–H groups in total. The molecule has 1 aromatic carbocycles.